The predicted octanol–water partition coefficient (Wildman–Crippen LogP) is 2.30. The molecule has 2 atom stereocenters. The van der Waals surface area contributed by atoms with E-state index in [1.165, 1.54) is 51.6 Å². The van der Waals surface area contributed by atoms with Crippen molar-refractivity contribution in [1.29, 1.82) is 0 Å². The highest BCUT2D eigenvalue weighted by atomic mass is 15.0. The highest BCUT2D eigenvalue weighted by molar-refractivity contribution is 4.81. The molecule has 0 aliphatic carbocycles. The molecule has 84 valence electrons. The molecule has 0 aromatic carbocycles. The average molecular weight is 198 g/mol. The second kappa shape index (κ2) is 7.24. The van der Waals surface area contributed by atoms with E-state index in [0.29, 0.717) is 0 Å². The van der Waals surface area contributed by atoms with Crippen LogP contribution in [-0.4, -0.2) is 25.2 Å². The van der Waals surface area contributed by atoms with Gasteiger partial charge in [-0.25, -0.2) is 0 Å². The average Bonchev–Trinajstić information content (AvgIpc) is 2.67. The fourth-order valence-corrected chi connectivity index (χ4v) is 2.24. The van der Waals surface area contributed by atoms with Crippen molar-refractivity contribution in [3.8, 4) is 0 Å². The van der Waals surface area contributed by atoms with Gasteiger partial charge < -0.3 is 10.6 Å². The van der Waals surface area contributed by atoms with Gasteiger partial charge >= 0.3 is 0 Å². The molecule has 2 heteroatoms. The van der Waals surface area contributed by atoms with Crippen molar-refractivity contribution < 1.29 is 0 Å². The molecule has 1 fully saturated rings. The molecule has 0 radical (unpaired) electrons. The minimum Gasteiger partial charge on any atom is -0.315 e. The first kappa shape index (κ1) is 12.0. The van der Waals surface area contributed by atoms with Crippen LogP contribution >= 0.6 is 0 Å². The number of hydrogen-bond acceptors (Lipinski definition) is 2. The lowest BCUT2D eigenvalue weighted by Crippen LogP contribution is -2.39. The molecule has 1 rings (SSSR count). The predicted molar refractivity (Wildman–Crippen MR) is 62.6 cm³/mol. The van der Waals surface area contributed by atoms with Gasteiger partial charge in [0.05, 0.1) is 0 Å². The van der Waals surface area contributed by atoms with E-state index in [1.54, 1.807) is 0 Å². The summed E-state index contributed by atoms with van der Waals surface area (Å²) < 4.78 is 0. The van der Waals surface area contributed by atoms with Crippen LogP contribution in [-0.2, 0) is 0 Å². The van der Waals surface area contributed by atoms with E-state index in [1.807, 2.05) is 0 Å². The summed E-state index contributed by atoms with van der Waals surface area (Å²) >= 11 is 0. The van der Waals surface area contributed by atoms with E-state index in [0.717, 1.165) is 12.1 Å². The molecule has 1 aliphatic heterocycles. The standard InChI is InChI=1S/C12H26N2/c1-3-5-7-11(6-4-2)14-12-8-9-13-10-12/h11-14H,3-10H2,1-2H3. The van der Waals surface area contributed by atoms with Crippen molar-refractivity contribution >= 4 is 0 Å². The molecule has 0 aromatic heterocycles. The summed E-state index contributed by atoms with van der Waals surface area (Å²) in [6.07, 6.45) is 8.02. The summed E-state index contributed by atoms with van der Waals surface area (Å²) in [5, 5.41) is 7.20. The summed E-state index contributed by atoms with van der Waals surface area (Å²) in [5.74, 6) is 0. The first-order valence-corrected chi connectivity index (χ1v) is 6.33. The molecular formula is C12H26N2. The number of hydrogen-bond donors (Lipinski definition) is 2. The molecule has 14 heavy (non-hydrogen) atoms. The summed E-state index contributed by atoms with van der Waals surface area (Å²) in [7, 11) is 0. The van der Waals surface area contributed by atoms with Crippen molar-refractivity contribution in [2.45, 2.75) is 64.5 Å². The number of unbranched alkanes of at least 4 members (excludes halogenated alkanes) is 1. The Morgan fingerprint density at radius 1 is 1.29 bits per heavy atom. The Hall–Kier alpha value is -0.0800. The molecule has 0 spiro atoms. The Balaban J connectivity index is 2.18. The largest absolute Gasteiger partial charge is 0.315 e. The second-order valence-electron chi connectivity index (χ2n) is 4.48. The molecule has 2 nitrogen and oxygen atoms in total. The van der Waals surface area contributed by atoms with Gasteiger partial charge in [0.2, 0.25) is 0 Å². The zero-order valence-electron chi connectivity index (χ0n) is 9.81. The highest BCUT2D eigenvalue weighted by Crippen LogP contribution is 2.09. The van der Waals surface area contributed by atoms with E-state index >= 15 is 0 Å². The van der Waals surface area contributed by atoms with Gasteiger partial charge in [0.25, 0.3) is 0 Å². The maximum Gasteiger partial charge on any atom is 0.0207 e. The van der Waals surface area contributed by atoms with Crippen LogP contribution in [0.25, 0.3) is 0 Å². The molecule has 2 unspecified atom stereocenters. The van der Waals surface area contributed by atoms with Crippen LogP contribution in [0.1, 0.15) is 52.4 Å². The quantitative estimate of drug-likeness (QED) is 0.656. The minimum atomic E-state index is 0.739. The van der Waals surface area contributed by atoms with E-state index in [4.69, 9.17) is 0 Å². The minimum absolute atomic E-state index is 0.739. The Bertz CT molecular complexity index is 130. The van der Waals surface area contributed by atoms with E-state index in [-0.39, 0.29) is 0 Å². The van der Waals surface area contributed by atoms with Gasteiger partial charge in [0, 0.05) is 18.6 Å². The lowest BCUT2D eigenvalue weighted by molar-refractivity contribution is 0.390. The normalized spacial score (nSPS) is 24.0. The fraction of sp³-hybridized carbons (Fsp3) is 1.00. The van der Waals surface area contributed by atoms with Crippen molar-refractivity contribution in [2.75, 3.05) is 13.1 Å². The smallest absolute Gasteiger partial charge is 0.0207 e. The second-order valence-corrected chi connectivity index (χ2v) is 4.48. The van der Waals surface area contributed by atoms with Gasteiger partial charge in [-0.05, 0) is 25.8 Å². The Morgan fingerprint density at radius 2 is 2.14 bits per heavy atom. The van der Waals surface area contributed by atoms with Crippen LogP contribution in [0.3, 0.4) is 0 Å². The summed E-state index contributed by atoms with van der Waals surface area (Å²) in [5.41, 5.74) is 0. The first-order chi connectivity index (χ1) is 6.86. The van der Waals surface area contributed by atoms with E-state index < -0.39 is 0 Å². The van der Waals surface area contributed by atoms with Gasteiger partial charge in [-0.15, -0.1) is 0 Å². The molecule has 0 aromatic rings. The van der Waals surface area contributed by atoms with Crippen molar-refractivity contribution in [2.24, 2.45) is 0 Å². The van der Waals surface area contributed by atoms with Gasteiger partial charge in [-0.2, -0.15) is 0 Å². The molecule has 1 aliphatic rings. The van der Waals surface area contributed by atoms with Gasteiger partial charge in [0.1, 0.15) is 0 Å². The first-order valence-electron chi connectivity index (χ1n) is 6.33. The van der Waals surface area contributed by atoms with Crippen LogP contribution < -0.4 is 10.6 Å². The molecule has 2 N–H and O–H groups in total. The lowest BCUT2D eigenvalue weighted by Gasteiger charge is -2.22. The van der Waals surface area contributed by atoms with Crippen LogP contribution in [0.15, 0.2) is 0 Å². The SMILES string of the molecule is CCCCC(CCC)NC1CCNC1. The van der Waals surface area contributed by atoms with Crippen LogP contribution in [0.5, 0.6) is 0 Å². The molecular weight excluding hydrogens is 172 g/mol. The summed E-state index contributed by atoms with van der Waals surface area (Å²) in [4.78, 5) is 0. The Morgan fingerprint density at radius 3 is 2.71 bits per heavy atom. The van der Waals surface area contributed by atoms with E-state index in [2.05, 4.69) is 24.5 Å². The third-order valence-electron chi connectivity index (χ3n) is 3.07. The third-order valence-corrected chi connectivity index (χ3v) is 3.07. The topological polar surface area (TPSA) is 24.1 Å². The number of rotatable bonds is 7. The molecule has 0 bridgehead atoms. The zero-order chi connectivity index (χ0) is 10.2. The fourth-order valence-electron chi connectivity index (χ4n) is 2.24. The maximum absolute atomic E-state index is 3.79. The van der Waals surface area contributed by atoms with Crippen molar-refractivity contribution in [1.82, 2.24) is 10.6 Å². The van der Waals surface area contributed by atoms with Crippen molar-refractivity contribution in [3.63, 3.8) is 0 Å². The molecule has 0 amide bonds. The summed E-state index contributed by atoms with van der Waals surface area (Å²) in [6.45, 7) is 6.93. The van der Waals surface area contributed by atoms with Gasteiger partial charge in [-0.1, -0.05) is 33.1 Å². The van der Waals surface area contributed by atoms with Crippen molar-refractivity contribution in [3.05, 3.63) is 0 Å². The van der Waals surface area contributed by atoms with Gasteiger partial charge in [-0.3, -0.25) is 0 Å². The Kier molecular flexibility index (Phi) is 6.20. The van der Waals surface area contributed by atoms with E-state index in [9.17, 15) is 0 Å². The van der Waals surface area contributed by atoms with Crippen LogP contribution in [0.4, 0.5) is 0 Å². The van der Waals surface area contributed by atoms with Crippen LogP contribution in [0, 0.1) is 0 Å². The molecule has 0 saturated carbocycles. The molecule has 1 heterocycles. The Labute approximate surface area is 88.8 Å². The number of nitrogens with one attached hydrogen (secondary N) is 2. The molecule has 1 saturated heterocycles. The zero-order valence-corrected chi connectivity index (χ0v) is 9.81. The lowest BCUT2D eigenvalue weighted by atomic mass is 10.0. The van der Waals surface area contributed by atoms with Gasteiger partial charge in [0.15, 0.2) is 0 Å². The van der Waals surface area contributed by atoms with Crippen LogP contribution in [0.2, 0.25) is 0 Å². The highest BCUT2D eigenvalue weighted by Gasteiger charge is 2.17. The monoisotopic (exact) mass is 198 g/mol. The maximum atomic E-state index is 3.79. The third kappa shape index (κ3) is 4.43. The summed E-state index contributed by atoms with van der Waals surface area (Å²) in [6, 6.07) is 1.51.